The Balaban J connectivity index is 2.92. The fourth-order valence-corrected chi connectivity index (χ4v) is 15.4. The van der Waals surface area contributed by atoms with Crippen molar-refractivity contribution >= 4 is 39.4 Å². The first-order valence-electron chi connectivity index (χ1n) is 41.0. The smallest absolute Gasteiger partial charge is 0.430 e. The molecule has 0 aromatic heterocycles. The fraction of sp³-hybridized carbons (Fsp3) is 0.805. The number of hydrogen-bond donors (Lipinski definition) is 2. The molecule has 11 atom stereocenters. The van der Waals surface area contributed by atoms with E-state index >= 15 is 0 Å². The molecule has 0 aliphatic carbocycles. The summed E-state index contributed by atoms with van der Waals surface area (Å²) >= 11 is 0. The van der Waals surface area contributed by atoms with Crippen LogP contribution in [0.2, 0.25) is 0 Å². The Hall–Kier alpha value is -3.74. The van der Waals surface area contributed by atoms with Crippen LogP contribution in [0.4, 0.5) is 4.79 Å². The number of carbonyl (C=O) groups excluding carboxylic acids is 4. The lowest BCUT2D eigenvalue weighted by Gasteiger charge is -2.48. The first kappa shape index (κ1) is 99.3. The Bertz CT molecular complexity index is 2430. The highest BCUT2D eigenvalue weighted by atomic mass is 31.2. The molecule has 2 saturated heterocycles. The van der Waals surface area contributed by atoms with E-state index in [4.69, 9.17) is 69.8 Å². The van der Waals surface area contributed by atoms with E-state index in [-0.39, 0.29) is 83.5 Å². The lowest BCUT2D eigenvalue weighted by atomic mass is 9.95. The average Bonchev–Trinajstić information content (AvgIpc) is 0.778. The zero-order chi connectivity index (χ0) is 78.3. The second-order valence-electron chi connectivity index (χ2n) is 28.0. The molecule has 2 rings (SSSR count). The van der Waals surface area contributed by atoms with Crippen LogP contribution in [0.15, 0.2) is 75.4 Å². The number of ether oxygens (including phenoxy) is 9. The molecule has 0 bridgehead atoms. The van der Waals surface area contributed by atoms with E-state index in [1.165, 1.54) is 88.9 Å². The van der Waals surface area contributed by atoms with Crippen molar-refractivity contribution in [2.75, 3.05) is 73.7 Å². The summed E-state index contributed by atoms with van der Waals surface area (Å²) in [6.07, 6.45) is 35.4. The lowest BCUT2D eigenvalue weighted by Crippen LogP contribution is -2.68. The van der Waals surface area contributed by atoms with Crippen LogP contribution in [-0.4, -0.2) is 165 Å². The molecule has 0 spiro atoms. The predicted octanol–water partition coefficient (Wildman–Crippen LogP) is 19.8. The van der Waals surface area contributed by atoms with E-state index in [2.05, 4.69) is 83.4 Å². The fourth-order valence-electron chi connectivity index (χ4n) is 12.9. The summed E-state index contributed by atoms with van der Waals surface area (Å²) in [5, 5.41) is 6.07. The average molecular weight is 1560 g/mol. The summed E-state index contributed by atoms with van der Waals surface area (Å²) in [5.74, 6) is -1.44. The Kier molecular flexibility index (Phi) is 61.1. The Morgan fingerprint density at radius 2 is 0.850 bits per heavy atom. The second-order valence-corrected chi connectivity index (χ2v) is 31.3. The van der Waals surface area contributed by atoms with Gasteiger partial charge >= 0.3 is 21.8 Å². The SMILES string of the molecule is C=CCOC(=O)O[C@@H]1C(CO[C@@H]2O[C@H](COC)[C@@H](OP(=O)(OCC=C)OCC=C)[C@H](OCC[C@@H](CCCCCCC)OC)[C@H]2NC(=O)CCCCCCCCCC=CCCCCCC)O[C@H](OP(=O)(OCC=C)OCC=C)[C@H](NC(=O)CC(=O)CCCCCCCCCCC)[C@H]1OCCCCCCCCCC. The molecule has 2 aliphatic rings. The van der Waals surface area contributed by atoms with Crippen LogP contribution in [0, 0.1) is 0 Å². The maximum atomic E-state index is 14.9. The zero-order valence-electron chi connectivity index (χ0n) is 67.0. The lowest BCUT2D eigenvalue weighted by molar-refractivity contribution is -0.301. The minimum absolute atomic E-state index is 0.0443. The van der Waals surface area contributed by atoms with Crippen LogP contribution in [0.3, 0.4) is 0 Å². The molecule has 2 amide bonds. The first-order chi connectivity index (χ1) is 52.1. The van der Waals surface area contributed by atoms with Gasteiger partial charge in [-0.05, 0) is 57.8 Å². The van der Waals surface area contributed by atoms with Gasteiger partial charge in [-0.25, -0.2) is 13.9 Å². The number of methoxy groups -OCH3 is 2. The molecular weight excluding hydrogens is 1410 g/mol. The number of amides is 2. The van der Waals surface area contributed by atoms with Crippen molar-refractivity contribution in [3.63, 3.8) is 0 Å². The number of phosphoric acid groups is 2. The van der Waals surface area contributed by atoms with Crippen molar-refractivity contribution in [2.24, 2.45) is 0 Å². The molecule has 107 heavy (non-hydrogen) atoms. The standard InChI is InChI=1S/C82H146N2O21P2/c1-12-21-25-29-32-35-36-37-38-39-40-42-44-48-52-56-72(86)83-74-79(94-64-57-69(92-11)55-51-46-28-24-15-4)77(104-106(89,97-59-17-6)98-60-18-7)70(66-91-10)101-80(74)96-67-71-76(103-82(88)95-58-16-5)78(93-63-53-49-45-34-31-27-23-14-3)75(81(102-71)105-107(90,99-61-19-8)100-62-20-9)84-73(87)65-68(85)54-50-47-43-41-33-30-26-22-13-2/h16-20,35-36,69-71,74-81H,5-9,12-15,21-34,37-67H2,1-4,10-11H3,(H,83,86)(H,84,87)/t69-,70-,71?,74-,75-,76-,77-,78-,79-,80-,81-/m1/s1. The Morgan fingerprint density at radius 1 is 0.430 bits per heavy atom. The van der Waals surface area contributed by atoms with Crippen LogP contribution >= 0.6 is 15.6 Å². The van der Waals surface area contributed by atoms with E-state index in [1.807, 2.05) is 0 Å². The topological polar surface area (TPSA) is 265 Å². The van der Waals surface area contributed by atoms with Crippen molar-refractivity contribution in [3.8, 4) is 0 Å². The number of ketones is 1. The number of rotatable bonds is 74. The van der Waals surface area contributed by atoms with Crippen LogP contribution < -0.4 is 10.6 Å². The van der Waals surface area contributed by atoms with Gasteiger partial charge in [0, 0.05) is 40.3 Å². The molecule has 620 valence electrons. The van der Waals surface area contributed by atoms with Gasteiger partial charge in [-0.1, -0.05) is 257 Å². The van der Waals surface area contributed by atoms with Gasteiger partial charge in [-0.15, -0.1) is 26.3 Å². The molecule has 1 unspecified atom stereocenters. The van der Waals surface area contributed by atoms with E-state index < -0.39 is 102 Å². The maximum absolute atomic E-state index is 14.9. The monoisotopic (exact) mass is 1560 g/mol. The van der Waals surface area contributed by atoms with E-state index in [9.17, 15) is 28.3 Å². The highest BCUT2D eigenvalue weighted by molar-refractivity contribution is 7.48. The maximum Gasteiger partial charge on any atom is 0.509 e. The van der Waals surface area contributed by atoms with Gasteiger partial charge in [0.1, 0.15) is 55.0 Å². The largest absolute Gasteiger partial charge is 0.509 e. The minimum atomic E-state index is -4.73. The minimum Gasteiger partial charge on any atom is -0.430 e. The van der Waals surface area contributed by atoms with Crippen molar-refractivity contribution in [1.82, 2.24) is 10.6 Å². The van der Waals surface area contributed by atoms with Gasteiger partial charge < -0.3 is 53.3 Å². The van der Waals surface area contributed by atoms with Crippen LogP contribution in [-0.2, 0) is 93.3 Å². The van der Waals surface area contributed by atoms with Gasteiger partial charge in [0.05, 0.1) is 52.2 Å². The number of allylic oxidation sites excluding steroid dienone is 2. The summed E-state index contributed by atoms with van der Waals surface area (Å²) < 4.78 is 124. The number of unbranched alkanes of at least 4 members (excludes halogenated alkanes) is 30. The van der Waals surface area contributed by atoms with E-state index in [0.717, 1.165) is 161 Å². The highest BCUT2D eigenvalue weighted by Crippen LogP contribution is 2.54. The van der Waals surface area contributed by atoms with E-state index in [1.54, 1.807) is 7.11 Å². The third kappa shape index (κ3) is 46.8. The second kappa shape index (κ2) is 65.8. The van der Waals surface area contributed by atoms with Gasteiger partial charge in [0.15, 0.2) is 18.7 Å². The van der Waals surface area contributed by atoms with E-state index in [0.29, 0.717) is 25.7 Å². The summed E-state index contributed by atoms with van der Waals surface area (Å²) in [5.41, 5.74) is 0. The molecule has 0 aromatic carbocycles. The van der Waals surface area contributed by atoms with Crippen molar-refractivity contribution in [2.45, 2.75) is 352 Å². The van der Waals surface area contributed by atoms with Crippen LogP contribution in [0.25, 0.3) is 0 Å². The van der Waals surface area contributed by atoms with Gasteiger partial charge in [-0.2, -0.15) is 0 Å². The molecule has 0 saturated carbocycles. The molecule has 2 aliphatic heterocycles. The van der Waals surface area contributed by atoms with Gasteiger partial charge in [0.2, 0.25) is 11.8 Å². The zero-order valence-corrected chi connectivity index (χ0v) is 68.8. The van der Waals surface area contributed by atoms with Crippen molar-refractivity contribution < 1.29 is 98.1 Å². The van der Waals surface area contributed by atoms with Crippen molar-refractivity contribution in [3.05, 3.63) is 75.4 Å². The van der Waals surface area contributed by atoms with Gasteiger partial charge in [0.25, 0.3) is 0 Å². The number of hydrogen-bond acceptors (Lipinski definition) is 21. The van der Waals surface area contributed by atoms with Crippen LogP contribution in [0.1, 0.15) is 285 Å². The van der Waals surface area contributed by atoms with Gasteiger partial charge in [-0.3, -0.25) is 41.5 Å². The summed E-state index contributed by atoms with van der Waals surface area (Å²) in [6.45, 7) is 25.3. The molecule has 2 heterocycles. The molecule has 2 N–H and O–H groups in total. The summed E-state index contributed by atoms with van der Waals surface area (Å²) in [6, 6.07) is -2.81. The third-order valence-electron chi connectivity index (χ3n) is 18.7. The van der Waals surface area contributed by atoms with Crippen molar-refractivity contribution in [1.29, 1.82) is 0 Å². The number of phosphoric ester groups is 2. The molecule has 25 heteroatoms. The number of Topliss-reactive ketones (excluding diaryl/α,β-unsaturated/α-hetero) is 1. The highest BCUT2D eigenvalue weighted by Gasteiger charge is 2.56. The number of carbonyl (C=O) groups is 4. The molecule has 23 nitrogen and oxygen atoms in total. The summed E-state index contributed by atoms with van der Waals surface area (Å²) in [7, 11) is -6.19. The Morgan fingerprint density at radius 3 is 1.36 bits per heavy atom. The predicted molar refractivity (Wildman–Crippen MR) is 423 cm³/mol. The Labute approximate surface area is 646 Å². The van der Waals surface area contributed by atoms with Crippen LogP contribution in [0.5, 0.6) is 0 Å². The molecule has 0 radical (unpaired) electrons. The molecule has 0 aromatic rings. The quantitative estimate of drug-likeness (QED) is 0.0188. The normalized spacial score (nSPS) is 20.7. The summed E-state index contributed by atoms with van der Waals surface area (Å²) in [4.78, 5) is 57.0. The third-order valence-corrected chi connectivity index (χ3v) is 21.6. The molecular formula is C82H146N2O21P2. The molecule has 2 fully saturated rings. The number of nitrogens with one attached hydrogen (secondary N) is 2. The first-order valence-corrected chi connectivity index (χ1v) is 44.0.